The second-order valence-electron chi connectivity index (χ2n) is 7.02. The van der Waals surface area contributed by atoms with E-state index in [0.717, 1.165) is 41.0 Å². The van der Waals surface area contributed by atoms with Gasteiger partial charge in [-0.1, -0.05) is 30.3 Å². The Hall–Kier alpha value is -3.47. The van der Waals surface area contributed by atoms with E-state index in [2.05, 4.69) is 57.4 Å². The number of hydrogen-bond donors (Lipinski definition) is 0. The summed E-state index contributed by atoms with van der Waals surface area (Å²) in [5.41, 5.74) is 9.14. The molecule has 0 saturated carbocycles. The number of nitrogens with zero attached hydrogens (tertiary/aromatic N) is 5. The summed E-state index contributed by atoms with van der Waals surface area (Å²) in [4.78, 5) is 9.34. The van der Waals surface area contributed by atoms with E-state index in [1.54, 1.807) is 0 Å². The van der Waals surface area contributed by atoms with Crippen molar-refractivity contribution in [3.05, 3.63) is 77.7 Å². The first-order valence-corrected chi connectivity index (χ1v) is 9.20. The van der Waals surface area contributed by atoms with Crippen molar-refractivity contribution >= 4 is 16.8 Å². The van der Waals surface area contributed by atoms with Crippen LogP contribution in [0, 0.1) is 6.92 Å². The minimum Gasteiger partial charge on any atom is -0.276 e. The fourth-order valence-corrected chi connectivity index (χ4v) is 4.27. The number of fused-ring (bicyclic) bond motifs is 7. The molecule has 1 aliphatic rings. The minimum atomic E-state index is 0.745. The summed E-state index contributed by atoms with van der Waals surface area (Å²) in [6, 6.07) is 18.6. The van der Waals surface area contributed by atoms with Crippen LogP contribution in [-0.4, -0.2) is 24.1 Å². The zero-order valence-corrected chi connectivity index (χ0v) is 14.9. The number of benzene rings is 2. The van der Waals surface area contributed by atoms with E-state index >= 15 is 0 Å². The molecule has 5 nitrogen and oxygen atoms in total. The maximum Gasteiger partial charge on any atom is 0.235 e. The minimum absolute atomic E-state index is 0.745. The van der Waals surface area contributed by atoms with Crippen LogP contribution in [0.25, 0.3) is 33.8 Å². The molecule has 0 bridgehead atoms. The molecule has 6 rings (SSSR count). The highest BCUT2D eigenvalue weighted by Crippen LogP contribution is 2.38. The molecule has 2 aromatic carbocycles. The van der Waals surface area contributed by atoms with Crippen LogP contribution in [0.3, 0.4) is 0 Å². The number of hydrogen-bond acceptors (Lipinski definition) is 3. The van der Waals surface area contributed by atoms with Crippen molar-refractivity contribution in [1.29, 1.82) is 0 Å². The SMILES string of the molecule is Cc1nn(-c2ccccc2)c2c1-c1c(cnc3nc4ccccc4n13)CC2. The lowest BCUT2D eigenvalue weighted by atomic mass is 9.93. The van der Waals surface area contributed by atoms with Crippen molar-refractivity contribution in [3.63, 3.8) is 0 Å². The first-order valence-electron chi connectivity index (χ1n) is 9.20. The predicted molar refractivity (Wildman–Crippen MR) is 105 cm³/mol. The van der Waals surface area contributed by atoms with E-state index in [1.807, 2.05) is 24.4 Å². The molecule has 130 valence electrons. The van der Waals surface area contributed by atoms with E-state index in [-0.39, 0.29) is 0 Å². The Morgan fingerprint density at radius 1 is 0.926 bits per heavy atom. The van der Waals surface area contributed by atoms with Gasteiger partial charge in [-0.15, -0.1) is 0 Å². The molecule has 5 heteroatoms. The van der Waals surface area contributed by atoms with Crippen molar-refractivity contribution in [2.75, 3.05) is 0 Å². The van der Waals surface area contributed by atoms with Gasteiger partial charge in [-0.2, -0.15) is 5.10 Å². The first kappa shape index (κ1) is 14.7. The number of rotatable bonds is 1. The Morgan fingerprint density at radius 3 is 2.63 bits per heavy atom. The van der Waals surface area contributed by atoms with Crippen LogP contribution in [0.15, 0.2) is 60.8 Å². The fraction of sp³-hybridized carbons (Fsp3) is 0.136. The van der Waals surface area contributed by atoms with Crippen LogP contribution in [0.4, 0.5) is 0 Å². The summed E-state index contributed by atoms with van der Waals surface area (Å²) in [7, 11) is 0. The van der Waals surface area contributed by atoms with Crippen molar-refractivity contribution in [2.24, 2.45) is 0 Å². The van der Waals surface area contributed by atoms with Gasteiger partial charge in [0.1, 0.15) is 0 Å². The van der Waals surface area contributed by atoms with Gasteiger partial charge in [0.2, 0.25) is 5.78 Å². The molecule has 1 aliphatic carbocycles. The van der Waals surface area contributed by atoms with Crippen LogP contribution in [0.1, 0.15) is 17.0 Å². The topological polar surface area (TPSA) is 48.0 Å². The normalized spacial score (nSPS) is 13.1. The zero-order valence-electron chi connectivity index (χ0n) is 14.9. The molecule has 0 amide bonds. The van der Waals surface area contributed by atoms with Gasteiger partial charge in [0, 0.05) is 11.8 Å². The molecule has 3 aromatic heterocycles. The van der Waals surface area contributed by atoms with Gasteiger partial charge in [0.05, 0.1) is 33.8 Å². The number of aromatic nitrogens is 5. The van der Waals surface area contributed by atoms with Crippen molar-refractivity contribution in [1.82, 2.24) is 24.1 Å². The van der Waals surface area contributed by atoms with Crippen LogP contribution in [0.2, 0.25) is 0 Å². The van der Waals surface area contributed by atoms with E-state index in [4.69, 9.17) is 10.1 Å². The summed E-state index contributed by atoms with van der Waals surface area (Å²) >= 11 is 0. The average molecular weight is 351 g/mol. The monoisotopic (exact) mass is 351 g/mol. The lowest BCUT2D eigenvalue weighted by Crippen LogP contribution is -2.12. The Bertz CT molecular complexity index is 1330. The van der Waals surface area contributed by atoms with Gasteiger partial charge in [0.25, 0.3) is 0 Å². The van der Waals surface area contributed by atoms with E-state index < -0.39 is 0 Å². The number of para-hydroxylation sites is 3. The van der Waals surface area contributed by atoms with E-state index in [1.165, 1.54) is 22.5 Å². The number of aryl methyl sites for hydroxylation is 2. The van der Waals surface area contributed by atoms with Gasteiger partial charge in [0.15, 0.2) is 0 Å². The molecule has 0 radical (unpaired) electrons. The maximum absolute atomic E-state index is 4.90. The molecule has 0 N–H and O–H groups in total. The maximum atomic E-state index is 4.90. The molecule has 0 atom stereocenters. The molecular formula is C22H17N5. The van der Waals surface area contributed by atoms with Gasteiger partial charge < -0.3 is 0 Å². The van der Waals surface area contributed by atoms with Crippen LogP contribution < -0.4 is 0 Å². The second kappa shape index (κ2) is 5.27. The van der Waals surface area contributed by atoms with Gasteiger partial charge in [-0.25, -0.2) is 14.6 Å². The van der Waals surface area contributed by atoms with Gasteiger partial charge >= 0.3 is 0 Å². The zero-order chi connectivity index (χ0) is 18.0. The van der Waals surface area contributed by atoms with Gasteiger partial charge in [-0.3, -0.25) is 4.40 Å². The van der Waals surface area contributed by atoms with Crippen LogP contribution in [-0.2, 0) is 12.8 Å². The predicted octanol–water partition coefficient (Wildman–Crippen LogP) is 4.14. The van der Waals surface area contributed by atoms with Crippen molar-refractivity contribution in [2.45, 2.75) is 19.8 Å². The third kappa shape index (κ3) is 1.96. The van der Waals surface area contributed by atoms with E-state index in [9.17, 15) is 0 Å². The Kier molecular flexibility index (Phi) is 2.86. The van der Waals surface area contributed by atoms with E-state index in [0.29, 0.717) is 0 Å². The summed E-state index contributed by atoms with van der Waals surface area (Å²) in [6.45, 7) is 2.10. The summed E-state index contributed by atoms with van der Waals surface area (Å²) in [5.74, 6) is 0.745. The van der Waals surface area contributed by atoms with Crippen LogP contribution >= 0.6 is 0 Å². The molecule has 27 heavy (non-hydrogen) atoms. The molecule has 3 heterocycles. The Balaban J connectivity index is 1.73. The first-order chi connectivity index (χ1) is 13.3. The van der Waals surface area contributed by atoms with Crippen molar-refractivity contribution in [3.8, 4) is 16.9 Å². The third-order valence-electron chi connectivity index (χ3n) is 5.43. The standard InChI is InChI=1S/C22H17N5/c1-14-20-19(27(25-14)16-7-3-2-4-8-16)12-11-15-13-23-22-24-17-9-5-6-10-18(17)26(22)21(15)20/h2-10,13H,11-12H2,1H3. The highest BCUT2D eigenvalue weighted by Gasteiger charge is 2.27. The highest BCUT2D eigenvalue weighted by atomic mass is 15.3. The highest BCUT2D eigenvalue weighted by molar-refractivity contribution is 5.84. The average Bonchev–Trinajstić information content (AvgIpc) is 3.26. The summed E-state index contributed by atoms with van der Waals surface area (Å²) in [6.07, 6.45) is 3.90. The lowest BCUT2D eigenvalue weighted by molar-refractivity contribution is 0.771. The lowest BCUT2D eigenvalue weighted by Gasteiger charge is -2.19. The Labute approximate surface area is 155 Å². The smallest absolute Gasteiger partial charge is 0.235 e. The fourth-order valence-electron chi connectivity index (χ4n) is 4.27. The van der Waals surface area contributed by atoms with Crippen molar-refractivity contribution < 1.29 is 0 Å². The molecule has 0 fully saturated rings. The molecule has 0 unspecified atom stereocenters. The molecule has 0 spiro atoms. The van der Waals surface area contributed by atoms with Crippen LogP contribution in [0.5, 0.6) is 0 Å². The molecule has 0 aliphatic heterocycles. The molecule has 5 aromatic rings. The number of imidazole rings is 1. The summed E-state index contributed by atoms with van der Waals surface area (Å²) in [5, 5.41) is 4.90. The largest absolute Gasteiger partial charge is 0.276 e. The van der Waals surface area contributed by atoms with Gasteiger partial charge in [-0.05, 0) is 49.6 Å². The quantitative estimate of drug-likeness (QED) is 0.456. The molecule has 0 saturated heterocycles. The third-order valence-corrected chi connectivity index (χ3v) is 5.43. The second-order valence-corrected chi connectivity index (χ2v) is 7.02. The Morgan fingerprint density at radius 2 is 1.74 bits per heavy atom. The molecular weight excluding hydrogens is 334 g/mol. The summed E-state index contributed by atoms with van der Waals surface area (Å²) < 4.78 is 4.30.